The molecule has 2 heteroatoms. The summed E-state index contributed by atoms with van der Waals surface area (Å²) in [6, 6.07) is 0. The van der Waals surface area contributed by atoms with E-state index in [1.165, 1.54) is 6.42 Å². The first kappa shape index (κ1) is 9.59. The molecule has 0 spiro atoms. The first-order valence-electron chi connectivity index (χ1n) is 4.78. The lowest BCUT2D eigenvalue weighted by atomic mass is 9.95. The van der Waals surface area contributed by atoms with Gasteiger partial charge in [-0.15, -0.1) is 0 Å². The molecular formula is C10H20N2. The summed E-state index contributed by atoms with van der Waals surface area (Å²) in [5, 5.41) is 0. The van der Waals surface area contributed by atoms with Crippen molar-refractivity contribution in [2.45, 2.75) is 20.3 Å². The van der Waals surface area contributed by atoms with E-state index in [0.717, 1.165) is 30.6 Å². The molecule has 0 radical (unpaired) electrons. The Hall–Kier alpha value is -0.500. The minimum absolute atomic E-state index is 0.602. The Morgan fingerprint density at radius 2 is 2.33 bits per heavy atom. The molecule has 0 aromatic heterocycles. The van der Waals surface area contributed by atoms with Crippen molar-refractivity contribution in [2.75, 3.05) is 19.6 Å². The molecule has 0 bridgehead atoms. The number of rotatable bonds is 3. The molecule has 1 atom stereocenters. The predicted molar refractivity (Wildman–Crippen MR) is 52.7 cm³/mol. The van der Waals surface area contributed by atoms with Gasteiger partial charge in [-0.05, 0) is 18.3 Å². The molecule has 1 rings (SSSR count). The smallest absolute Gasteiger partial charge is 0.0324 e. The van der Waals surface area contributed by atoms with Gasteiger partial charge in [0.05, 0.1) is 0 Å². The molecule has 0 aliphatic carbocycles. The van der Waals surface area contributed by atoms with Crippen LogP contribution < -0.4 is 5.73 Å². The lowest BCUT2D eigenvalue weighted by Gasteiger charge is -2.20. The second-order valence-electron chi connectivity index (χ2n) is 4.01. The first-order chi connectivity index (χ1) is 5.65. The van der Waals surface area contributed by atoms with Gasteiger partial charge >= 0.3 is 0 Å². The molecule has 1 fully saturated rings. The Morgan fingerprint density at radius 3 is 2.75 bits per heavy atom. The van der Waals surface area contributed by atoms with Crippen molar-refractivity contribution >= 4 is 0 Å². The van der Waals surface area contributed by atoms with Crippen LogP contribution in [0.2, 0.25) is 0 Å². The Labute approximate surface area is 75.4 Å². The lowest BCUT2D eigenvalue weighted by Crippen LogP contribution is -2.25. The van der Waals surface area contributed by atoms with Crippen molar-refractivity contribution < 1.29 is 0 Å². The second-order valence-corrected chi connectivity index (χ2v) is 4.01. The third-order valence-corrected chi connectivity index (χ3v) is 2.85. The summed E-state index contributed by atoms with van der Waals surface area (Å²) >= 11 is 0. The number of hydrogen-bond donors (Lipinski definition) is 1. The van der Waals surface area contributed by atoms with Gasteiger partial charge < -0.3 is 10.6 Å². The maximum absolute atomic E-state index is 5.53. The number of nitrogens with two attached hydrogens (primary N) is 1. The zero-order valence-corrected chi connectivity index (χ0v) is 8.21. The number of hydrogen-bond acceptors (Lipinski definition) is 2. The van der Waals surface area contributed by atoms with E-state index in [2.05, 4.69) is 25.3 Å². The Kier molecular flexibility index (Phi) is 3.15. The van der Waals surface area contributed by atoms with Crippen LogP contribution in [0.4, 0.5) is 0 Å². The molecule has 1 aliphatic heterocycles. The summed E-state index contributed by atoms with van der Waals surface area (Å²) in [7, 11) is 0. The molecule has 2 N–H and O–H groups in total. The van der Waals surface area contributed by atoms with Gasteiger partial charge in [-0.2, -0.15) is 0 Å². The Bertz CT molecular complexity index is 163. The maximum Gasteiger partial charge on any atom is 0.0324 e. The maximum atomic E-state index is 5.53. The van der Waals surface area contributed by atoms with Crippen LogP contribution in [0.3, 0.4) is 0 Å². The molecule has 1 aliphatic rings. The van der Waals surface area contributed by atoms with Crippen molar-refractivity contribution in [3.8, 4) is 0 Å². The van der Waals surface area contributed by atoms with Gasteiger partial charge in [-0.1, -0.05) is 20.4 Å². The molecule has 12 heavy (non-hydrogen) atoms. The van der Waals surface area contributed by atoms with E-state index in [1.54, 1.807) is 0 Å². The quantitative estimate of drug-likeness (QED) is 0.691. The van der Waals surface area contributed by atoms with E-state index in [-0.39, 0.29) is 0 Å². The second kappa shape index (κ2) is 3.94. The van der Waals surface area contributed by atoms with Gasteiger partial charge in [0.2, 0.25) is 0 Å². The van der Waals surface area contributed by atoms with Gasteiger partial charge in [-0.3, -0.25) is 0 Å². The molecule has 0 amide bonds. The molecule has 0 saturated carbocycles. The zero-order valence-electron chi connectivity index (χ0n) is 8.21. The zero-order chi connectivity index (χ0) is 9.14. The average molecular weight is 168 g/mol. The first-order valence-corrected chi connectivity index (χ1v) is 4.78. The normalized spacial score (nSPS) is 23.7. The highest BCUT2D eigenvalue weighted by molar-refractivity contribution is 4.98. The fourth-order valence-corrected chi connectivity index (χ4v) is 1.75. The molecule has 2 nitrogen and oxygen atoms in total. The molecule has 0 aromatic carbocycles. The van der Waals surface area contributed by atoms with Crippen LogP contribution in [0.15, 0.2) is 12.3 Å². The largest absolute Gasteiger partial charge is 0.374 e. The van der Waals surface area contributed by atoms with Gasteiger partial charge in [0.1, 0.15) is 0 Å². The number of likely N-dealkylation sites (tertiary alicyclic amines) is 1. The van der Waals surface area contributed by atoms with Crippen molar-refractivity contribution in [3.63, 3.8) is 0 Å². The van der Waals surface area contributed by atoms with Crippen molar-refractivity contribution in [2.24, 2.45) is 17.6 Å². The Balaban J connectivity index is 2.40. The highest BCUT2D eigenvalue weighted by atomic mass is 15.2. The minimum Gasteiger partial charge on any atom is -0.374 e. The van der Waals surface area contributed by atoms with Crippen molar-refractivity contribution in [1.82, 2.24) is 4.90 Å². The van der Waals surface area contributed by atoms with E-state index >= 15 is 0 Å². The highest BCUT2D eigenvalue weighted by Gasteiger charge is 2.24. The van der Waals surface area contributed by atoms with Crippen LogP contribution in [0, 0.1) is 11.8 Å². The van der Waals surface area contributed by atoms with Gasteiger partial charge in [0, 0.05) is 25.3 Å². The van der Waals surface area contributed by atoms with Gasteiger partial charge in [0.25, 0.3) is 0 Å². The number of nitrogens with zero attached hydrogens (tertiary/aromatic N) is 1. The van der Waals surface area contributed by atoms with Crippen LogP contribution in [-0.4, -0.2) is 24.5 Å². The van der Waals surface area contributed by atoms with Crippen LogP contribution in [0.25, 0.3) is 0 Å². The van der Waals surface area contributed by atoms with E-state index in [9.17, 15) is 0 Å². The van der Waals surface area contributed by atoms with Gasteiger partial charge in [-0.25, -0.2) is 0 Å². The van der Waals surface area contributed by atoms with E-state index < -0.39 is 0 Å². The highest BCUT2D eigenvalue weighted by Crippen LogP contribution is 2.25. The fraction of sp³-hybridized carbons (Fsp3) is 0.800. The molecule has 0 aromatic rings. The summed E-state index contributed by atoms with van der Waals surface area (Å²) in [4.78, 5) is 2.32. The SMILES string of the molecule is C=C(CN)N1CCC(C(C)C)C1. The molecule has 1 unspecified atom stereocenters. The van der Waals surface area contributed by atoms with E-state index in [1.807, 2.05) is 0 Å². The summed E-state index contributed by atoms with van der Waals surface area (Å²) in [5.41, 5.74) is 6.63. The lowest BCUT2D eigenvalue weighted by molar-refractivity contribution is 0.355. The standard InChI is InChI=1S/C10H20N2/c1-8(2)10-4-5-12(7-10)9(3)6-11/h8,10H,3-7,11H2,1-2H3. The molecule has 1 heterocycles. The van der Waals surface area contributed by atoms with E-state index in [0.29, 0.717) is 6.54 Å². The van der Waals surface area contributed by atoms with E-state index in [4.69, 9.17) is 5.73 Å². The minimum atomic E-state index is 0.602. The van der Waals surface area contributed by atoms with Crippen LogP contribution in [0.5, 0.6) is 0 Å². The summed E-state index contributed by atoms with van der Waals surface area (Å²) in [5.74, 6) is 1.63. The van der Waals surface area contributed by atoms with Crippen LogP contribution >= 0.6 is 0 Å². The molecule has 70 valence electrons. The third kappa shape index (κ3) is 2.01. The van der Waals surface area contributed by atoms with Crippen molar-refractivity contribution in [3.05, 3.63) is 12.3 Å². The molecular weight excluding hydrogens is 148 g/mol. The van der Waals surface area contributed by atoms with Crippen molar-refractivity contribution in [1.29, 1.82) is 0 Å². The van der Waals surface area contributed by atoms with Crippen LogP contribution in [0.1, 0.15) is 20.3 Å². The average Bonchev–Trinajstić information content (AvgIpc) is 2.51. The monoisotopic (exact) mass is 168 g/mol. The molecule has 1 saturated heterocycles. The predicted octanol–water partition coefficient (Wildman–Crippen LogP) is 1.44. The summed E-state index contributed by atoms with van der Waals surface area (Å²) < 4.78 is 0. The third-order valence-electron chi connectivity index (χ3n) is 2.85. The topological polar surface area (TPSA) is 29.3 Å². The van der Waals surface area contributed by atoms with Crippen LogP contribution in [-0.2, 0) is 0 Å². The summed E-state index contributed by atoms with van der Waals surface area (Å²) in [6.07, 6.45) is 1.30. The summed E-state index contributed by atoms with van der Waals surface area (Å²) in [6.45, 7) is 11.4. The Morgan fingerprint density at radius 1 is 1.67 bits per heavy atom. The fourth-order valence-electron chi connectivity index (χ4n) is 1.75. The van der Waals surface area contributed by atoms with Gasteiger partial charge in [0.15, 0.2) is 0 Å².